The van der Waals surface area contributed by atoms with Crippen molar-refractivity contribution in [3.8, 4) is 11.3 Å². The number of benzene rings is 1. The minimum Gasteiger partial charge on any atom is -0.327 e. The molecule has 0 bridgehead atoms. The van der Waals surface area contributed by atoms with Crippen LogP contribution in [0.1, 0.15) is 6.42 Å². The predicted octanol–water partition coefficient (Wildman–Crippen LogP) is 2.93. The van der Waals surface area contributed by atoms with Crippen LogP contribution in [0.5, 0.6) is 0 Å². The normalized spacial score (nSPS) is 10.1. The number of hydrogen-bond acceptors (Lipinski definition) is 1. The maximum atomic E-state index is 4.24. The van der Waals surface area contributed by atoms with Crippen molar-refractivity contribution in [3.63, 3.8) is 0 Å². The number of rotatable bonds is 4. The second-order valence-corrected chi connectivity index (χ2v) is 3.36. The van der Waals surface area contributed by atoms with E-state index in [0.29, 0.717) is 0 Å². The summed E-state index contributed by atoms with van der Waals surface area (Å²) < 4.78 is 1.96. The summed E-state index contributed by atoms with van der Waals surface area (Å²) in [6.45, 7) is 4.59. The van der Waals surface area contributed by atoms with Gasteiger partial charge in [0.2, 0.25) is 0 Å². The average Bonchev–Trinajstić information content (AvgIpc) is 2.76. The second kappa shape index (κ2) is 4.60. The summed E-state index contributed by atoms with van der Waals surface area (Å²) in [5.41, 5.74) is 2.10. The molecule has 0 aliphatic rings. The van der Waals surface area contributed by atoms with Crippen molar-refractivity contribution in [1.29, 1.82) is 0 Å². The van der Waals surface area contributed by atoms with Crippen LogP contribution in [0.2, 0.25) is 0 Å². The van der Waals surface area contributed by atoms with E-state index < -0.39 is 0 Å². The van der Waals surface area contributed by atoms with Gasteiger partial charge < -0.3 is 4.57 Å². The first-order chi connectivity index (χ1) is 7.40. The highest BCUT2D eigenvalue weighted by atomic mass is 15.0. The van der Waals surface area contributed by atoms with Crippen LogP contribution in [0.15, 0.2) is 49.2 Å². The minimum atomic E-state index is 0.892. The molecule has 2 rings (SSSR count). The molecule has 1 aromatic heterocycles. The van der Waals surface area contributed by atoms with Crippen molar-refractivity contribution in [2.75, 3.05) is 0 Å². The molecule has 2 aromatic rings. The van der Waals surface area contributed by atoms with Crippen LogP contribution in [0.4, 0.5) is 0 Å². The second-order valence-electron chi connectivity index (χ2n) is 3.36. The number of nitrogens with zero attached hydrogens (tertiary/aromatic N) is 2. The molecule has 1 heterocycles. The summed E-state index contributed by atoms with van der Waals surface area (Å²) in [5.74, 6) is 0. The third-order valence-corrected chi connectivity index (χ3v) is 2.22. The number of aromatic nitrogens is 2. The van der Waals surface area contributed by atoms with Crippen LogP contribution in [0, 0.1) is 6.33 Å². The third-order valence-electron chi connectivity index (χ3n) is 2.22. The van der Waals surface area contributed by atoms with E-state index in [9.17, 15) is 0 Å². The lowest BCUT2D eigenvalue weighted by atomic mass is 10.2. The number of aryl methyl sites for hydroxylation is 1. The largest absolute Gasteiger partial charge is 0.327 e. The molecule has 0 unspecified atom stereocenters. The third kappa shape index (κ3) is 2.34. The molecule has 1 aromatic carbocycles. The van der Waals surface area contributed by atoms with Gasteiger partial charge in [0.05, 0.1) is 5.69 Å². The quantitative estimate of drug-likeness (QED) is 0.689. The molecule has 0 fully saturated rings. The zero-order valence-corrected chi connectivity index (χ0v) is 8.56. The van der Waals surface area contributed by atoms with E-state index in [1.54, 1.807) is 0 Å². The van der Waals surface area contributed by atoms with Crippen LogP contribution in [0.3, 0.4) is 0 Å². The van der Waals surface area contributed by atoms with Gasteiger partial charge in [-0.15, -0.1) is 6.58 Å². The average molecular weight is 197 g/mol. The lowest BCUT2D eigenvalue weighted by Crippen LogP contribution is -1.92. The van der Waals surface area contributed by atoms with Gasteiger partial charge in [-0.1, -0.05) is 36.4 Å². The van der Waals surface area contributed by atoms with E-state index >= 15 is 0 Å². The highest BCUT2D eigenvalue weighted by molar-refractivity contribution is 5.57. The minimum absolute atomic E-state index is 0.892. The molecule has 0 amide bonds. The highest BCUT2D eigenvalue weighted by Crippen LogP contribution is 2.15. The fourth-order valence-corrected chi connectivity index (χ4v) is 1.42. The summed E-state index contributed by atoms with van der Waals surface area (Å²) in [5, 5.41) is 0. The number of allylic oxidation sites excluding steroid dienone is 1. The summed E-state index contributed by atoms with van der Waals surface area (Å²) >= 11 is 0. The number of hydrogen-bond donors (Lipinski definition) is 0. The maximum Gasteiger partial charge on any atom is 0.177 e. The fraction of sp³-hybridized carbons (Fsp3) is 0.154. The molecule has 1 radical (unpaired) electrons. The molecule has 0 aliphatic carbocycles. The Bertz CT molecular complexity index is 429. The molecule has 0 spiro atoms. The molecular formula is C13H13N2. The Morgan fingerprint density at radius 1 is 1.33 bits per heavy atom. The summed E-state index contributed by atoms with van der Waals surface area (Å²) in [7, 11) is 0. The van der Waals surface area contributed by atoms with Gasteiger partial charge in [-0.2, -0.15) is 0 Å². The topological polar surface area (TPSA) is 17.8 Å². The van der Waals surface area contributed by atoms with E-state index in [1.165, 1.54) is 0 Å². The van der Waals surface area contributed by atoms with Gasteiger partial charge in [-0.05, 0) is 6.42 Å². The van der Waals surface area contributed by atoms with Crippen LogP contribution < -0.4 is 0 Å². The van der Waals surface area contributed by atoms with Gasteiger partial charge in [0.1, 0.15) is 0 Å². The summed E-state index contributed by atoms with van der Waals surface area (Å²) in [6, 6.07) is 10.1. The Morgan fingerprint density at radius 3 is 2.87 bits per heavy atom. The zero-order chi connectivity index (χ0) is 10.5. The van der Waals surface area contributed by atoms with Gasteiger partial charge in [-0.3, -0.25) is 0 Å². The van der Waals surface area contributed by atoms with Crippen molar-refractivity contribution in [2.24, 2.45) is 0 Å². The first-order valence-electron chi connectivity index (χ1n) is 5.01. The van der Waals surface area contributed by atoms with Crippen LogP contribution in [0.25, 0.3) is 11.3 Å². The van der Waals surface area contributed by atoms with E-state index in [4.69, 9.17) is 0 Å². The Hall–Kier alpha value is -1.83. The summed E-state index contributed by atoms with van der Waals surface area (Å²) in [6.07, 6.45) is 7.82. The molecule has 0 N–H and O–H groups in total. The molecule has 15 heavy (non-hydrogen) atoms. The molecular weight excluding hydrogens is 184 g/mol. The van der Waals surface area contributed by atoms with Crippen molar-refractivity contribution in [1.82, 2.24) is 9.55 Å². The first-order valence-corrected chi connectivity index (χ1v) is 5.01. The van der Waals surface area contributed by atoms with Gasteiger partial charge in [-0.25, -0.2) is 4.98 Å². The predicted molar refractivity (Wildman–Crippen MR) is 61.3 cm³/mol. The molecule has 0 saturated heterocycles. The molecule has 2 heteroatoms. The number of imidazole rings is 1. The van der Waals surface area contributed by atoms with Crippen molar-refractivity contribution in [2.45, 2.75) is 13.0 Å². The van der Waals surface area contributed by atoms with E-state index in [0.717, 1.165) is 24.2 Å². The van der Waals surface area contributed by atoms with Crippen molar-refractivity contribution >= 4 is 0 Å². The van der Waals surface area contributed by atoms with E-state index in [2.05, 4.69) is 17.9 Å². The molecule has 0 saturated carbocycles. The van der Waals surface area contributed by atoms with Crippen molar-refractivity contribution < 1.29 is 0 Å². The smallest absolute Gasteiger partial charge is 0.177 e. The van der Waals surface area contributed by atoms with Crippen LogP contribution in [-0.2, 0) is 6.54 Å². The van der Waals surface area contributed by atoms with Crippen LogP contribution in [-0.4, -0.2) is 9.55 Å². The molecule has 2 nitrogen and oxygen atoms in total. The maximum absolute atomic E-state index is 4.24. The standard InChI is InChI=1S/C13H13N2/c1-2-3-9-15-10-13(14-11-15)12-7-5-4-6-8-12/h2,4-8,10H,1,3,9H2. The Kier molecular flexibility index (Phi) is 2.98. The van der Waals surface area contributed by atoms with Gasteiger partial charge in [0.15, 0.2) is 6.33 Å². The fourth-order valence-electron chi connectivity index (χ4n) is 1.42. The van der Waals surface area contributed by atoms with Gasteiger partial charge >= 0.3 is 0 Å². The highest BCUT2D eigenvalue weighted by Gasteiger charge is 2.00. The lowest BCUT2D eigenvalue weighted by molar-refractivity contribution is 0.704. The van der Waals surface area contributed by atoms with Gasteiger partial charge in [0, 0.05) is 18.3 Å². The van der Waals surface area contributed by atoms with Crippen molar-refractivity contribution in [3.05, 3.63) is 55.5 Å². The first kappa shape index (κ1) is 9.71. The molecule has 0 atom stereocenters. The monoisotopic (exact) mass is 197 g/mol. The Labute approximate surface area is 89.9 Å². The Balaban J connectivity index is 2.17. The Morgan fingerprint density at radius 2 is 2.13 bits per heavy atom. The SMILES string of the molecule is C=CCCn1[c]nc(-c2ccccc2)c1. The molecule has 0 aliphatic heterocycles. The molecule has 75 valence electrons. The van der Waals surface area contributed by atoms with Crippen LogP contribution >= 0.6 is 0 Å². The van der Waals surface area contributed by atoms with E-state index in [1.807, 2.05) is 47.2 Å². The van der Waals surface area contributed by atoms with Gasteiger partial charge in [0.25, 0.3) is 0 Å². The van der Waals surface area contributed by atoms with E-state index in [-0.39, 0.29) is 0 Å². The lowest BCUT2D eigenvalue weighted by Gasteiger charge is -1.96. The summed E-state index contributed by atoms with van der Waals surface area (Å²) in [4.78, 5) is 4.24. The zero-order valence-electron chi connectivity index (χ0n) is 8.56.